The molecule has 2 N–H and O–H groups in total. The van der Waals surface area contributed by atoms with Crippen molar-refractivity contribution >= 4 is 5.69 Å². The van der Waals surface area contributed by atoms with Crippen LogP contribution in [0.15, 0.2) is 42.5 Å². The molecule has 2 aromatic carbocycles. The number of nitrogens with two attached hydrogens (primary N) is 1. The third kappa shape index (κ3) is 4.09. The van der Waals surface area contributed by atoms with Crippen molar-refractivity contribution < 1.29 is 9.47 Å². The second kappa shape index (κ2) is 7.83. The Hall–Kier alpha value is -3.13. The molecule has 0 aliphatic heterocycles. The average Bonchev–Trinajstić information content (AvgIpc) is 3.09. The van der Waals surface area contributed by atoms with Crippen LogP contribution in [-0.4, -0.2) is 46.4 Å². The highest BCUT2D eigenvalue weighted by Crippen LogP contribution is 2.25. The van der Waals surface area contributed by atoms with Gasteiger partial charge in [-0.1, -0.05) is 12.1 Å². The molecule has 0 amide bonds. The second-order valence-electron chi connectivity index (χ2n) is 6.00. The molecule has 0 aliphatic carbocycles. The predicted molar refractivity (Wildman–Crippen MR) is 98.3 cm³/mol. The number of benzene rings is 2. The van der Waals surface area contributed by atoms with Crippen LogP contribution in [0.2, 0.25) is 0 Å². The van der Waals surface area contributed by atoms with Crippen LogP contribution in [0.5, 0.6) is 11.5 Å². The van der Waals surface area contributed by atoms with Crippen molar-refractivity contribution in [2.75, 3.05) is 27.0 Å². The molecule has 0 aliphatic rings. The lowest BCUT2D eigenvalue weighted by Crippen LogP contribution is -2.20. The third-order valence-corrected chi connectivity index (χ3v) is 3.93. The first kappa shape index (κ1) is 17.7. The highest BCUT2D eigenvalue weighted by atomic mass is 16.5. The fourth-order valence-corrected chi connectivity index (χ4v) is 2.72. The van der Waals surface area contributed by atoms with Gasteiger partial charge in [0.15, 0.2) is 5.82 Å². The van der Waals surface area contributed by atoms with Gasteiger partial charge in [0.25, 0.3) is 0 Å². The lowest BCUT2D eigenvalue weighted by Gasteiger charge is -2.17. The van der Waals surface area contributed by atoms with E-state index in [0.29, 0.717) is 23.9 Å². The van der Waals surface area contributed by atoms with E-state index in [9.17, 15) is 0 Å². The van der Waals surface area contributed by atoms with Crippen molar-refractivity contribution in [3.05, 3.63) is 53.9 Å². The van der Waals surface area contributed by atoms with Gasteiger partial charge in [0, 0.05) is 30.4 Å². The number of hydrogen-bond donors (Lipinski definition) is 1. The Morgan fingerprint density at radius 1 is 1.04 bits per heavy atom. The summed E-state index contributed by atoms with van der Waals surface area (Å²) in [6.45, 7) is 1.31. The van der Waals surface area contributed by atoms with E-state index in [4.69, 9.17) is 15.2 Å². The Morgan fingerprint density at radius 3 is 2.42 bits per heavy atom. The molecule has 0 fully saturated rings. The van der Waals surface area contributed by atoms with Crippen LogP contribution in [0.1, 0.15) is 11.4 Å². The lowest BCUT2D eigenvalue weighted by atomic mass is 10.2. The van der Waals surface area contributed by atoms with Crippen molar-refractivity contribution in [2.24, 2.45) is 0 Å². The van der Waals surface area contributed by atoms with E-state index in [1.165, 1.54) is 0 Å². The van der Waals surface area contributed by atoms with Gasteiger partial charge in [-0.2, -0.15) is 4.68 Å². The van der Waals surface area contributed by atoms with Crippen LogP contribution in [0.25, 0.3) is 5.69 Å². The second-order valence-corrected chi connectivity index (χ2v) is 6.00. The first-order valence-corrected chi connectivity index (χ1v) is 8.12. The molecule has 3 rings (SSSR count). The quantitative estimate of drug-likeness (QED) is 0.648. The molecular weight excluding hydrogens is 332 g/mol. The van der Waals surface area contributed by atoms with Crippen molar-refractivity contribution in [1.82, 2.24) is 25.1 Å². The predicted octanol–water partition coefficient (Wildman–Crippen LogP) is 1.89. The van der Waals surface area contributed by atoms with Gasteiger partial charge in [0.05, 0.1) is 26.5 Å². The topological polar surface area (TPSA) is 91.3 Å². The van der Waals surface area contributed by atoms with E-state index < -0.39 is 0 Å². The summed E-state index contributed by atoms with van der Waals surface area (Å²) in [6, 6.07) is 13.4. The molecule has 0 radical (unpaired) electrons. The van der Waals surface area contributed by atoms with E-state index in [2.05, 4.69) is 20.4 Å². The first-order chi connectivity index (χ1) is 12.6. The average molecular weight is 354 g/mol. The summed E-state index contributed by atoms with van der Waals surface area (Å²) < 4.78 is 12.3. The van der Waals surface area contributed by atoms with Crippen LogP contribution >= 0.6 is 0 Å². The summed E-state index contributed by atoms with van der Waals surface area (Å²) in [5.74, 6) is 2.06. The number of ether oxygens (including phenoxy) is 2. The van der Waals surface area contributed by atoms with Crippen LogP contribution in [-0.2, 0) is 13.1 Å². The Bertz CT molecular complexity index is 857. The monoisotopic (exact) mass is 354 g/mol. The van der Waals surface area contributed by atoms with E-state index >= 15 is 0 Å². The lowest BCUT2D eigenvalue weighted by molar-refractivity contribution is 0.307. The molecule has 1 aromatic heterocycles. The standard InChI is InChI=1S/C18H22N6O2/c1-23(11-13-5-4-6-14(19)7-13)12-18-20-21-22-24(18)15-8-16(25-2)10-17(9-15)26-3/h4-10H,11-12,19H2,1-3H3. The van der Waals surface area contributed by atoms with Crippen molar-refractivity contribution in [3.63, 3.8) is 0 Å². The summed E-state index contributed by atoms with van der Waals surface area (Å²) in [7, 11) is 5.23. The Kier molecular flexibility index (Phi) is 5.33. The minimum atomic E-state index is 0.571. The highest BCUT2D eigenvalue weighted by molar-refractivity contribution is 5.46. The number of hydrogen-bond acceptors (Lipinski definition) is 7. The Morgan fingerprint density at radius 2 is 1.77 bits per heavy atom. The maximum absolute atomic E-state index is 5.85. The maximum Gasteiger partial charge on any atom is 0.170 e. The molecule has 1 heterocycles. The summed E-state index contributed by atoms with van der Waals surface area (Å²) >= 11 is 0. The van der Waals surface area contributed by atoms with Gasteiger partial charge in [-0.3, -0.25) is 4.90 Å². The zero-order valence-electron chi connectivity index (χ0n) is 15.1. The Labute approximate surface area is 152 Å². The molecule has 0 saturated heterocycles. The zero-order chi connectivity index (χ0) is 18.5. The van der Waals surface area contributed by atoms with Gasteiger partial charge in [-0.25, -0.2) is 0 Å². The summed E-state index contributed by atoms with van der Waals surface area (Å²) in [5, 5.41) is 12.1. The summed E-state index contributed by atoms with van der Waals surface area (Å²) in [5.41, 5.74) is 8.51. The highest BCUT2D eigenvalue weighted by Gasteiger charge is 2.13. The largest absolute Gasteiger partial charge is 0.497 e. The molecule has 3 aromatic rings. The Balaban J connectivity index is 1.80. The van der Waals surface area contributed by atoms with E-state index in [0.717, 1.165) is 23.5 Å². The molecule has 0 saturated carbocycles. The fourth-order valence-electron chi connectivity index (χ4n) is 2.72. The molecule has 0 spiro atoms. The summed E-state index contributed by atoms with van der Waals surface area (Å²) in [6.07, 6.45) is 0. The molecule has 136 valence electrons. The van der Waals surface area contributed by atoms with Crippen molar-refractivity contribution in [1.29, 1.82) is 0 Å². The third-order valence-electron chi connectivity index (χ3n) is 3.93. The number of aromatic nitrogens is 4. The van der Waals surface area contributed by atoms with Crippen molar-refractivity contribution in [2.45, 2.75) is 13.1 Å². The normalized spacial score (nSPS) is 10.9. The molecular formula is C18H22N6O2. The number of anilines is 1. The maximum atomic E-state index is 5.85. The van der Waals surface area contributed by atoms with Gasteiger partial charge in [-0.15, -0.1) is 5.10 Å². The smallest absolute Gasteiger partial charge is 0.170 e. The van der Waals surface area contributed by atoms with Crippen LogP contribution < -0.4 is 15.2 Å². The molecule has 0 unspecified atom stereocenters. The fraction of sp³-hybridized carbons (Fsp3) is 0.278. The molecule has 8 nitrogen and oxygen atoms in total. The van der Waals surface area contributed by atoms with Gasteiger partial charge < -0.3 is 15.2 Å². The number of methoxy groups -OCH3 is 2. The van der Waals surface area contributed by atoms with E-state index in [-0.39, 0.29) is 0 Å². The van der Waals surface area contributed by atoms with Gasteiger partial charge >= 0.3 is 0 Å². The number of rotatable bonds is 7. The van der Waals surface area contributed by atoms with Crippen LogP contribution in [0.4, 0.5) is 5.69 Å². The molecule has 8 heteroatoms. The van der Waals surface area contributed by atoms with Crippen molar-refractivity contribution in [3.8, 4) is 17.2 Å². The number of tetrazole rings is 1. The first-order valence-electron chi connectivity index (χ1n) is 8.12. The number of nitrogens with zero attached hydrogens (tertiary/aromatic N) is 5. The van der Waals surface area contributed by atoms with Crippen LogP contribution in [0.3, 0.4) is 0 Å². The zero-order valence-corrected chi connectivity index (χ0v) is 15.1. The van der Waals surface area contributed by atoms with Gasteiger partial charge in [0.1, 0.15) is 11.5 Å². The van der Waals surface area contributed by atoms with Gasteiger partial charge in [-0.05, 0) is 35.2 Å². The van der Waals surface area contributed by atoms with E-state index in [1.807, 2.05) is 43.4 Å². The number of nitrogen functional groups attached to an aromatic ring is 1. The molecule has 26 heavy (non-hydrogen) atoms. The SMILES string of the molecule is COc1cc(OC)cc(-n2nnnc2CN(C)Cc2cccc(N)c2)c1. The summed E-state index contributed by atoms with van der Waals surface area (Å²) in [4.78, 5) is 2.12. The minimum Gasteiger partial charge on any atom is -0.497 e. The molecule has 0 atom stereocenters. The minimum absolute atomic E-state index is 0.571. The molecule has 0 bridgehead atoms. The van der Waals surface area contributed by atoms with Crippen LogP contribution in [0, 0.1) is 0 Å². The van der Waals surface area contributed by atoms with Gasteiger partial charge in [0.2, 0.25) is 0 Å². The van der Waals surface area contributed by atoms with E-state index in [1.54, 1.807) is 25.0 Å².